The van der Waals surface area contributed by atoms with E-state index in [1.165, 1.54) is 18.4 Å². The number of nitrogens with zero attached hydrogens (tertiary/aromatic N) is 3. The number of hydrogen-bond acceptors (Lipinski definition) is 4. The standard InChI is InChI=1S/C19H12FN3O2/c20-15-6-1-5-14-16(9-8-13-4-2-10-21-12-13)22-23(18(14)15)19(24)17-7-3-11-25-17/h1-12H/b9-8+. The Kier molecular flexibility index (Phi) is 3.70. The van der Waals surface area contributed by atoms with Crippen molar-refractivity contribution in [2.24, 2.45) is 0 Å². The highest BCUT2D eigenvalue weighted by atomic mass is 19.1. The predicted octanol–water partition coefficient (Wildman–Crippen LogP) is 4.02. The number of carbonyl (C=O) groups is 1. The van der Waals surface area contributed by atoms with Crippen LogP contribution < -0.4 is 0 Å². The van der Waals surface area contributed by atoms with E-state index in [0.29, 0.717) is 11.1 Å². The van der Waals surface area contributed by atoms with E-state index >= 15 is 0 Å². The van der Waals surface area contributed by atoms with Gasteiger partial charge in [0.25, 0.3) is 0 Å². The van der Waals surface area contributed by atoms with Gasteiger partial charge in [0.05, 0.1) is 12.0 Å². The van der Waals surface area contributed by atoms with Crippen molar-refractivity contribution >= 4 is 29.0 Å². The molecule has 0 saturated heterocycles. The predicted molar refractivity (Wildman–Crippen MR) is 91.3 cm³/mol. The van der Waals surface area contributed by atoms with Gasteiger partial charge in [-0.1, -0.05) is 24.3 Å². The lowest BCUT2D eigenvalue weighted by molar-refractivity contribution is 0.0922. The average molecular weight is 333 g/mol. The highest BCUT2D eigenvalue weighted by Gasteiger charge is 2.20. The fourth-order valence-corrected chi connectivity index (χ4v) is 2.57. The lowest BCUT2D eigenvalue weighted by Gasteiger charge is -1.99. The van der Waals surface area contributed by atoms with Crippen LogP contribution in [0, 0.1) is 5.82 Å². The van der Waals surface area contributed by atoms with E-state index in [-0.39, 0.29) is 11.3 Å². The second kappa shape index (κ2) is 6.16. The molecule has 0 aliphatic heterocycles. The molecule has 0 N–H and O–H groups in total. The second-order valence-corrected chi connectivity index (χ2v) is 5.34. The number of halogens is 1. The van der Waals surface area contributed by atoms with Gasteiger partial charge in [0, 0.05) is 17.8 Å². The molecule has 4 rings (SSSR count). The molecule has 0 amide bonds. The molecular weight excluding hydrogens is 321 g/mol. The average Bonchev–Trinajstić information content (AvgIpc) is 3.29. The minimum Gasteiger partial charge on any atom is -0.459 e. The van der Waals surface area contributed by atoms with E-state index in [1.807, 2.05) is 12.1 Å². The zero-order valence-corrected chi connectivity index (χ0v) is 13.0. The van der Waals surface area contributed by atoms with Gasteiger partial charge in [-0.15, -0.1) is 0 Å². The molecule has 0 saturated carbocycles. The normalized spacial score (nSPS) is 11.4. The number of pyridine rings is 1. The molecular formula is C19H12FN3O2. The molecule has 0 fully saturated rings. The van der Waals surface area contributed by atoms with Crippen molar-refractivity contribution in [3.05, 3.63) is 84.0 Å². The monoisotopic (exact) mass is 333 g/mol. The van der Waals surface area contributed by atoms with Crippen LogP contribution in [-0.2, 0) is 0 Å². The summed E-state index contributed by atoms with van der Waals surface area (Å²) in [6, 6.07) is 11.4. The van der Waals surface area contributed by atoms with Crippen LogP contribution in [0.4, 0.5) is 4.39 Å². The fraction of sp³-hybridized carbons (Fsp3) is 0. The van der Waals surface area contributed by atoms with Crippen molar-refractivity contribution in [3.8, 4) is 0 Å². The third kappa shape index (κ3) is 2.74. The topological polar surface area (TPSA) is 60.9 Å². The van der Waals surface area contributed by atoms with Crippen LogP contribution in [0.2, 0.25) is 0 Å². The van der Waals surface area contributed by atoms with Crippen molar-refractivity contribution in [1.29, 1.82) is 0 Å². The van der Waals surface area contributed by atoms with E-state index < -0.39 is 11.7 Å². The van der Waals surface area contributed by atoms with Gasteiger partial charge < -0.3 is 4.42 Å². The Morgan fingerprint density at radius 3 is 2.80 bits per heavy atom. The Morgan fingerprint density at radius 1 is 1.12 bits per heavy atom. The number of aromatic nitrogens is 3. The van der Waals surface area contributed by atoms with Gasteiger partial charge in [0.15, 0.2) is 5.76 Å². The summed E-state index contributed by atoms with van der Waals surface area (Å²) in [4.78, 5) is 16.6. The summed E-state index contributed by atoms with van der Waals surface area (Å²) in [6.45, 7) is 0. The third-order valence-corrected chi connectivity index (χ3v) is 3.72. The lowest BCUT2D eigenvalue weighted by Crippen LogP contribution is -2.13. The van der Waals surface area contributed by atoms with Crippen LogP contribution in [0.1, 0.15) is 21.8 Å². The van der Waals surface area contributed by atoms with Gasteiger partial charge in [-0.2, -0.15) is 9.78 Å². The number of carbonyl (C=O) groups excluding carboxylic acids is 1. The Bertz CT molecular complexity index is 1070. The molecule has 0 radical (unpaired) electrons. The van der Waals surface area contributed by atoms with Gasteiger partial charge in [-0.05, 0) is 35.9 Å². The minimum atomic E-state index is -0.527. The number of hydrogen-bond donors (Lipinski definition) is 0. The van der Waals surface area contributed by atoms with E-state index in [4.69, 9.17) is 4.42 Å². The Labute approximate surface area is 142 Å². The van der Waals surface area contributed by atoms with Gasteiger partial charge in [-0.3, -0.25) is 9.78 Å². The SMILES string of the molecule is O=C(c1ccco1)n1nc(/C=C/c2cccnc2)c2cccc(F)c21. The van der Waals surface area contributed by atoms with Crippen molar-refractivity contribution in [3.63, 3.8) is 0 Å². The molecule has 6 heteroatoms. The first kappa shape index (κ1) is 15.0. The molecule has 0 unspecified atom stereocenters. The van der Waals surface area contributed by atoms with Crippen molar-refractivity contribution < 1.29 is 13.6 Å². The molecule has 0 aliphatic rings. The fourth-order valence-electron chi connectivity index (χ4n) is 2.57. The molecule has 1 aromatic carbocycles. The van der Waals surface area contributed by atoms with E-state index in [1.54, 1.807) is 42.7 Å². The number of fused-ring (bicyclic) bond motifs is 1. The largest absolute Gasteiger partial charge is 0.459 e. The molecule has 3 aromatic heterocycles. The zero-order valence-electron chi connectivity index (χ0n) is 13.0. The Hall–Kier alpha value is -3.54. The zero-order chi connectivity index (χ0) is 17.2. The van der Waals surface area contributed by atoms with E-state index in [9.17, 15) is 9.18 Å². The molecule has 0 bridgehead atoms. The number of para-hydroxylation sites is 1. The molecule has 0 spiro atoms. The summed E-state index contributed by atoms with van der Waals surface area (Å²) >= 11 is 0. The first-order chi connectivity index (χ1) is 12.2. The van der Waals surface area contributed by atoms with Crippen molar-refractivity contribution in [1.82, 2.24) is 14.8 Å². The molecule has 25 heavy (non-hydrogen) atoms. The van der Waals surface area contributed by atoms with Crippen molar-refractivity contribution in [2.75, 3.05) is 0 Å². The number of benzene rings is 1. The van der Waals surface area contributed by atoms with Gasteiger partial charge in [0.2, 0.25) is 0 Å². The molecule has 0 aliphatic carbocycles. The smallest absolute Gasteiger partial charge is 0.314 e. The summed E-state index contributed by atoms with van der Waals surface area (Å²) in [5, 5.41) is 4.82. The molecule has 122 valence electrons. The molecule has 4 aromatic rings. The first-order valence-electron chi connectivity index (χ1n) is 7.57. The molecule has 3 heterocycles. The van der Waals surface area contributed by atoms with E-state index in [0.717, 1.165) is 10.2 Å². The molecule has 0 atom stereocenters. The van der Waals surface area contributed by atoms with Crippen LogP contribution in [0.3, 0.4) is 0 Å². The summed E-state index contributed by atoms with van der Waals surface area (Å²) in [6.07, 6.45) is 8.30. The number of rotatable bonds is 3. The first-order valence-corrected chi connectivity index (χ1v) is 7.57. The Morgan fingerprint density at radius 2 is 2.04 bits per heavy atom. The van der Waals surface area contributed by atoms with Crippen LogP contribution >= 0.6 is 0 Å². The maximum absolute atomic E-state index is 14.3. The van der Waals surface area contributed by atoms with Crippen LogP contribution in [0.5, 0.6) is 0 Å². The van der Waals surface area contributed by atoms with Crippen molar-refractivity contribution in [2.45, 2.75) is 0 Å². The van der Waals surface area contributed by atoms with E-state index in [2.05, 4.69) is 10.1 Å². The summed E-state index contributed by atoms with van der Waals surface area (Å²) in [5.74, 6) is -0.956. The van der Waals surface area contributed by atoms with Crippen LogP contribution in [-0.4, -0.2) is 20.7 Å². The van der Waals surface area contributed by atoms with Crippen LogP contribution in [0.25, 0.3) is 23.1 Å². The highest BCUT2D eigenvalue weighted by Crippen LogP contribution is 2.24. The summed E-state index contributed by atoms with van der Waals surface area (Å²) < 4.78 is 20.5. The van der Waals surface area contributed by atoms with Crippen LogP contribution in [0.15, 0.2) is 65.5 Å². The maximum Gasteiger partial charge on any atom is 0.314 e. The highest BCUT2D eigenvalue weighted by molar-refractivity contribution is 6.01. The summed E-state index contributed by atoms with van der Waals surface area (Å²) in [5.41, 5.74) is 1.48. The third-order valence-electron chi connectivity index (χ3n) is 3.72. The second-order valence-electron chi connectivity index (χ2n) is 5.34. The van der Waals surface area contributed by atoms with Gasteiger partial charge in [0.1, 0.15) is 11.3 Å². The van der Waals surface area contributed by atoms with Gasteiger partial charge in [-0.25, -0.2) is 4.39 Å². The lowest BCUT2D eigenvalue weighted by atomic mass is 10.1. The quantitative estimate of drug-likeness (QED) is 0.568. The van der Waals surface area contributed by atoms with Gasteiger partial charge >= 0.3 is 5.91 Å². The maximum atomic E-state index is 14.3. The Balaban J connectivity index is 1.85. The minimum absolute atomic E-state index is 0.0930. The number of furan rings is 1. The summed E-state index contributed by atoms with van der Waals surface area (Å²) in [7, 11) is 0. The molecule has 5 nitrogen and oxygen atoms in total.